The molecule has 0 aliphatic heterocycles. The van der Waals surface area contributed by atoms with Crippen molar-refractivity contribution in [3.63, 3.8) is 0 Å². The van der Waals surface area contributed by atoms with Crippen LogP contribution in [0.3, 0.4) is 0 Å². The number of carbonyl (C=O) groups excluding carboxylic acids is 2. The van der Waals surface area contributed by atoms with Gasteiger partial charge in [0.2, 0.25) is 21.8 Å². The summed E-state index contributed by atoms with van der Waals surface area (Å²) in [6, 6.07) is 13.8. The molecule has 0 saturated heterocycles. The van der Waals surface area contributed by atoms with Gasteiger partial charge in [0.05, 0.1) is 16.9 Å². The highest BCUT2D eigenvalue weighted by atomic mass is 32.2. The van der Waals surface area contributed by atoms with E-state index in [1.54, 1.807) is 6.92 Å². The molecule has 196 valence electrons. The summed E-state index contributed by atoms with van der Waals surface area (Å²) in [4.78, 5) is 38.5. The van der Waals surface area contributed by atoms with E-state index in [4.69, 9.17) is 0 Å². The van der Waals surface area contributed by atoms with E-state index in [0.29, 0.717) is 19.4 Å². The summed E-state index contributed by atoms with van der Waals surface area (Å²) in [5, 5.41) is 14.1. The molecule has 0 aliphatic carbocycles. The van der Waals surface area contributed by atoms with Crippen LogP contribution in [0.15, 0.2) is 54.6 Å². The fourth-order valence-corrected chi connectivity index (χ4v) is 4.62. The van der Waals surface area contributed by atoms with Gasteiger partial charge in [0, 0.05) is 25.2 Å². The third kappa shape index (κ3) is 8.33. The van der Waals surface area contributed by atoms with Crippen LogP contribution in [0.5, 0.6) is 0 Å². The molecule has 2 aromatic carbocycles. The van der Waals surface area contributed by atoms with Crippen LogP contribution < -0.4 is 9.62 Å². The normalized spacial score (nSPS) is 12.0. The quantitative estimate of drug-likeness (QED) is 0.232. The highest BCUT2D eigenvalue weighted by molar-refractivity contribution is 7.92. The Labute approximate surface area is 212 Å². The van der Waals surface area contributed by atoms with Crippen molar-refractivity contribution >= 4 is 33.2 Å². The lowest BCUT2D eigenvalue weighted by molar-refractivity contribution is -0.384. The maximum absolute atomic E-state index is 13.6. The van der Waals surface area contributed by atoms with Crippen molar-refractivity contribution in [2.24, 2.45) is 0 Å². The largest absolute Gasteiger partial charge is 0.354 e. The molecule has 11 heteroatoms. The monoisotopic (exact) mass is 518 g/mol. The smallest absolute Gasteiger partial charge is 0.271 e. The second-order valence-corrected chi connectivity index (χ2v) is 10.3. The number of rotatable bonds is 14. The second-order valence-electron chi connectivity index (χ2n) is 8.44. The Morgan fingerprint density at radius 3 is 2.36 bits per heavy atom. The minimum absolute atomic E-state index is 0.00325. The van der Waals surface area contributed by atoms with Crippen LogP contribution in [0.4, 0.5) is 11.4 Å². The number of amides is 2. The number of nitrogens with one attached hydrogen (secondary N) is 1. The molecule has 0 radical (unpaired) electrons. The summed E-state index contributed by atoms with van der Waals surface area (Å²) in [6.07, 6.45) is 3.45. The molecular weight excluding hydrogens is 484 g/mol. The first-order valence-corrected chi connectivity index (χ1v) is 13.8. The molecule has 0 spiro atoms. The maximum Gasteiger partial charge on any atom is 0.271 e. The summed E-state index contributed by atoms with van der Waals surface area (Å²) in [5.41, 5.74) is 0.676. The van der Waals surface area contributed by atoms with Crippen LogP contribution in [0.1, 0.15) is 38.7 Å². The molecule has 1 unspecified atom stereocenters. The summed E-state index contributed by atoms with van der Waals surface area (Å²) in [5.74, 6) is -0.867. The van der Waals surface area contributed by atoms with Crippen molar-refractivity contribution in [3.05, 3.63) is 70.3 Å². The predicted molar refractivity (Wildman–Crippen MR) is 139 cm³/mol. The van der Waals surface area contributed by atoms with Crippen molar-refractivity contribution in [1.29, 1.82) is 0 Å². The Balaban J connectivity index is 2.37. The Morgan fingerprint density at radius 1 is 1.08 bits per heavy atom. The zero-order valence-corrected chi connectivity index (χ0v) is 21.7. The first-order chi connectivity index (χ1) is 17.1. The van der Waals surface area contributed by atoms with Crippen molar-refractivity contribution in [2.45, 2.75) is 45.6 Å². The standard InChI is InChI=1S/C25H34N4O6S/c1-4-6-16-26-25(31)23(5-2)27(17-15-20-11-8-7-9-12-20)24(30)19-28(36(3,34)35)21-13-10-14-22(18-21)29(32)33/h7-14,18,23H,4-6,15-17,19H2,1-3H3,(H,26,31). The fourth-order valence-electron chi connectivity index (χ4n) is 3.78. The van der Waals surface area contributed by atoms with Crippen LogP contribution in [-0.4, -0.2) is 62.0 Å². The highest BCUT2D eigenvalue weighted by Crippen LogP contribution is 2.23. The Bertz CT molecular complexity index is 1140. The van der Waals surface area contributed by atoms with Gasteiger partial charge in [-0.1, -0.05) is 56.7 Å². The van der Waals surface area contributed by atoms with E-state index < -0.39 is 33.4 Å². The molecule has 0 saturated carbocycles. The number of non-ortho nitro benzene ring substituents is 1. The molecule has 1 atom stereocenters. The lowest BCUT2D eigenvalue weighted by Gasteiger charge is -2.32. The average Bonchev–Trinajstić information content (AvgIpc) is 2.85. The molecule has 0 fully saturated rings. The summed E-state index contributed by atoms with van der Waals surface area (Å²) < 4.78 is 26.0. The highest BCUT2D eigenvalue weighted by Gasteiger charge is 2.31. The molecule has 36 heavy (non-hydrogen) atoms. The molecule has 10 nitrogen and oxygen atoms in total. The van der Waals surface area contributed by atoms with Gasteiger partial charge in [-0.25, -0.2) is 8.42 Å². The van der Waals surface area contributed by atoms with Gasteiger partial charge in [-0.3, -0.25) is 24.0 Å². The first kappa shape index (κ1) is 28.8. The average molecular weight is 519 g/mol. The van der Waals surface area contributed by atoms with E-state index in [-0.39, 0.29) is 23.8 Å². The number of anilines is 1. The molecule has 2 rings (SSSR count). The van der Waals surface area contributed by atoms with E-state index in [2.05, 4.69) is 5.32 Å². The van der Waals surface area contributed by atoms with Gasteiger partial charge >= 0.3 is 0 Å². The molecule has 0 aliphatic rings. The minimum atomic E-state index is -3.96. The van der Waals surface area contributed by atoms with Gasteiger partial charge in [-0.05, 0) is 30.9 Å². The molecule has 1 N–H and O–H groups in total. The summed E-state index contributed by atoms with van der Waals surface area (Å²) >= 11 is 0. The zero-order chi connectivity index (χ0) is 26.7. The van der Waals surface area contributed by atoms with Gasteiger partial charge in [0.15, 0.2) is 0 Å². The van der Waals surface area contributed by atoms with Gasteiger partial charge in [-0.15, -0.1) is 0 Å². The van der Waals surface area contributed by atoms with Crippen LogP contribution in [-0.2, 0) is 26.0 Å². The third-order valence-electron chi connectivity index (χ3n) is 5.71. The number of sulfonamides is 1. The van der Waals surface area contributed by atoms with E-state index in [9.17, 15) is 28.1 Å². The number of hydrogen-bond donors (Lipinski definition) is 1. The predicted octanol–water partition coefficient (Wildman–Crippen LogP) is 3.13. The molecule has 0 heterocycles. The minimum Gasteiger partial charge on any atom is -0.354 e. The Morgan fingerprint density at radius 2 is 1.78 bits per heavy atom. The molecule has 0 aromatic heterocycles. The van der Waals surface area contributed by atoms with E-state index >= 15 is 0 Å². The molecule has 0 bridgehead atoms. The number of nitro groups is 1. The van der Waals surface area contributed by atoms with E-state index in [1.165, 1.54) is 23.1 Å². The summed E-state index contributed by atoms with van der Waals surface area (Å²) in [7, 11) is -3.96. The molecule has 2 amide bonds. The number of unbranched alkanes of at least 4 members (excludes halogenated alkanes) is 1. The van der Waals surface area contributed by atoms with Crippen LogP contribution in [0.2, 0.25) is 0 Å². The Hall–Kier alpha value is -3.47. The second kappa shape index (κ2) is 13.6. The zero-order valence-electron chi connectivity index (χ0n) is 20.9. The van der Waals surface area contributed by atoms with Crippen LogP contribution in [0.25, 0.3) is 0 Å². The fraction of sp³-hybridized carbons (Fsp3) is 0.440. The first-order valence-electron chi connectivity index (χ1n) is 11.9. The number of nitrogens with zero attached hydrogens (tertiary/aromatic N) is 3. The van der Waals surface area contributed by atoms with Gasteiger partial charge in [0.25, 0.3) is 5.69 Å². The maximum atomic E-state index is 13.6. The van der Waals surface area contributed by atoms with Crippen molar-refractivity contribution < 1.29 is 22.9 Å². The SMILES string of the molecule is CCCCNC(=O)C(CC)N(CCc1ccccc1)C(=O)CN(c1cccc([N+](=O)[O-])c1)S(C)(=O)=O. The van der Waals surface area contributed by atoms with Crippen molar-refractivity contribution in [1.82, 2.24) is 10.2 Å². The van der Waals surface area contributed by atoms with Gasteiger partial charge in [-0.2, -0.15) is 0 Å². The number of hydrogen-bond acceptors (Lipinski definition) is 6. The van der Waals surface area contributed by atoms with Gasteiger partial charge in [0.1, 0.15) is 12.6 Å². The molecule has 2 aromatic rings. The third-order valence-corrected chi connectivity index (χ3v) is 6.85. The Kier molecular flexibility index (Phi) is 10.8. The van der Waals surface area contributed by atoms with Crippen LogP contribution in [0, 0.1) is 10.1 Å². The lowest BCUT2D eigenvalue weighted by atomic mass is 10.1. The summed E-state index contributed by atoms with van der Waals surface area (Å²) in [6.45, 7) is 3.90. The topological polar surface area (TPSA) is 130 Å². The van der Waals surface area contributed by atoms with Crippen molar-refractivity contribution in [2.75, 3.05) is 30.2 Å². The van der Waals surface area contributed by atoms with Crippen LogP contribution >= 0.6 is 0 Å². The van der Waals surface area contributed by atoms with Crippen molar-refractivity contribution in [3.8, 4) is 0 Å². The van der Waals surface area contributed by atoms with E-state index in [1.807, 2.05) is 37.3 Å². The number of carbonyl (C=O) groups is 2. The lowest BCUT2D eigenvalue weighted by Crippen LogP contribution is -2.53. The van der Waals surface area contributed by atoms with E-state index in [0.717, 1.165) is 35.0 Å². The number of nitro benzene ring substituents is 1. The number of benzene rings is 2. The van der Waals surface area contributed by atoms with Gasteiger partial charge < -0.3 is 10.2 Å². The molecular formula is C25H34N4O6S.